The highest BCUT2D eigenvalue weighted by molar-refractivity contribution is 5.97. The monoisotopic (exact) mass is 94.0 g/mol. The average Bonchev–Trinajstić information content (AvgIpc) is 1.46. The van der Waals surface area contributed by atoms with Gasteiger partial charge in [0, 0.05) is 14.2 Å². The van der Waals surface area contributed by atoms with Gasteiger partial charge in [0.25, 0.3) is 0 Å². The summed E-state index contributed by atoms with van der Waals surface area (Å²) in [6.45, 7) is 0. The fraction of sp³-hybridized carbons (Fsp3) is 1.00. The molecule has 0 aliphatic carbocycles. The first kappa shape index (κ1) is 8.93. The quantitative estimate of drug-likeness (QED) is 0.371. The summed E-state index contributed by atoms with van der Waals surface area (Å²) in [5.74, 6) is 0. The van der Waals surface area contributed by atoms with Crippen molar-refractivity contribution in [2.45, 2.75) is 0 Å². The van der Waals surface area contributed by atoms with Crippen molar-refractivity contribution in [3.63, 3.8) is 0 Å². The molecule has 0 atom stereocenters. The first-order valence-electron chi connectivity index (χ1n) is 1.26. The summed E-state index contributed by atoms with van der Waals surface area (Å²) in [5, 5.41) is 7.00. The maximum absolute atomic E-state index is 7.00. The van der Waals surface area contributed by atoms with Gasteiger partial charge in [0.05, 0.1) is 0 Å². The van der Waals surface area contributed by atoms with Crippen molar-refractivity contribution in [3.05, 3.63) is 0 Å². The molecule has 0 aromatic rings. The van der Waals surface area contributed by atoms with E-state index >= 15 is 0 Å². The third-order valence-electron chi connectivity index (χ3n) is 0. The molecule has 0 aromatic carbocycles. The van der Waals surface area contributed by atoms with Crippen molar-refractivity contribution in [1.29, 1.82) is 0 Å². The van der Waals surface area contributed by atoms with E-state index in [4.69, 9.17) is 5.11 Å². The first-order chi connectivity index (χ1) is 2.41. The fourth-order valence-electron chi connectivity index (χ4n) is 0. The lowest BCUT2D eigenvalue weighted by atomic mass is 11.8. The van der Waals surface area contributed by atoms with Gasteiger partial charge in [-0.2, -0.15) is 0 Å². The normalized spacial score (nSPS) is 5.40. The van der Waals surface area contributed by atoms with E-state index in [1.807, 2.05) is 0 Å². The molecule has 34 valence electrons. The molecule has 0 heterocycles. The van der Waals surface area contributed by atoms with Gasteiger partial charge in [0.15, 0.2) is 0 Å². The van der Waals surface area contributed by atoms with Crippen molar-refractivity contribution in [2.75, 3.05) is 14.2 Å². The van der Waals surface area contributed by atoms with E-state index in [1.165, 1.54) is 0 Å². The van der Waals surface area contributed by atoms with Gasteiger partial charge in [-0.25, -0.2) is 0 Å². The third kappa shape index (κ3) is 1010. The van der Waals surface area contributed by atoms with Crippen molar-refractivity contribution in [3.8, 4) is 0 Å². The summed E-state index contributed by atoms with van der Waals surface area (Å²) < 4.78 is 4.39. The predicted molar refractivity (Wildman–Crippen MR) is 25.1 cm³/mol. The van der Waals surface area contributed by atoms with Crippen LogP contribution in [0.15, 0.2) is 0 Å². The number of hydrogen-bond acceptors (Lipinski definition) is 2. The molecule has 2 nitrogen and oxygen atoms in total. The highest BCUT2D eigenvalue weighted by Crippen LogP contribution is 1.24. The third-order valence-corrected chi connectivity index (χ3v) is 0. The molecule has 0 amide bonds. The molecule has 0 unspecified atom stereocenters. The van der Waals surface area contributed by atoms with Gasteiger partial charge in [0.2, 0.25) is 0 Å². The van der Waals surface area contributed by atoms with Crippen LogP contribution in [0.25, 0.3) is 0 Å². The Labute approximate surface area is 35.3 Å². The summed E-state index contributed by atoms with van der Waals surface area (Å²) >= 11 is 0. The number of hydrogen-bond donors (Lipinski definition) is 1. The zero-order chi connectivity index (χ0) is 4.71. The van der Waals surface area contributed by atoms with Crippen LogP contribution in [-0.4, -0.2) is 29.8 Å². The van der Waals surface area contributed by atoms with Crippen LogP contribution < -0.4 is 0 Å². The molecule has 0 aromatic heterocycles. The van der Waals surface area contributed by atoms with E-state index in [-0.39, 0.29) is 0 Å². The van der Waals surface area contributed by atoms with Crippen LogP contribution in [-0.2, 0) is 4.43 Å². The molecule has 0 aliphatic heterocycles. The van der Waals surface area contributed by atoms with E-state index in [0.717, 1.165) is 17.6 Å². The number of rotatable bonds is 0. The Morgan fingerprint density at radius 3 is 1.60 bits per heavy atom. The van der Waals surface area contributed by atoms with Gasteiger partial charge in [0.1, 0.15) is 10.5 Å². The SMILES string of the molecule is CO.CO[SiH3]. The molecule has 3 heteroatoms. The lowest BCUT2D eigenvalue weighted by molar-refractivity contribution is 0.399. The first-order valence-corrected chi connectivity index (χ1v) is 2.08. The van der Waals surface area contributed by atoms with Crippen molar-refractivity contribution in [1.82, 2.24) is 0 Å². The Balaban J connectivity index is 0. The second-order valence-electron chi connectivity index (χ2n) is 0.408. The molecule has 0 aliphatic rings. The molecule has 0 radical (unpaired) electrons. The lowest BCUT2D eigenvalue weighted by Crippen LogP contribution is -1.60. The number of aliphatic hydroxyl groups excluding tert-OH is 1. The summed E-state index contributed by atoms with van der Waals surface area (Å²) in [4.78, 5) is 0. The lowest BCUT2D eigenvalue weighted by Gasteiger charge is -1.61. The minimum absolute atomic E-state index is 0.869. The van der Waals surface area contributed by atoms with Crippen LogP contribution in [0, 0.1) is 0 Å². The maximum Gasteiger partial charge on any atom is 0.145 e. The molecule has 0 saturated carbocycles. The van der Waals surface area contributed by atoms with Gasteiger partial charge in [-0.05, 0) is 0 Å². The van der Waals surface area contributed by atoms with Crippen molar-refractivity contribution >= 4 is 10.5 Å². The Morgan fingerprint density at radius 1 is 1.60 bits per heavy atom. The van der Waals surface area contributed by atoms with Crippen molar-refractivity contribution in [2.24, 2.45) is 0 Å². The minimum Gasteiger partial charge on any atom is -0.431 e. The van der Waals surface area contributed by atoms with E-state index in [9.17, 15) is 0 Å². The largest absolute Gasteiger partial charge is 0.431 e. The maximum atomic E-state index is 7.00. The molecule has 5 heavy (non-hydrogen) atoms. The van der Waals surface area contributed by atoms with Crippen LogP contribution >= 0.6 is 0 Å². The van der Waals surface area contributed by atoms with E-state index in [1.54, 1.807) is 7.11 Å². The Hall–Kier alpha value is 0.137. The van der Waals surface area contributed by atoms with Crippen LogP contribution in [0.4, 0.5) is 0 Å². The molecule has 0 spiro atoms. The minimum atomic E-state index is 0.869. The van der Waals surface area contributed by atoms with Crippen LogP contribution in [0.3, 0.4) is 0 Å². The standard InChI is InChI=1S/CH6OSi.CH4O/c1-2-3;1-2/h1,3H3;2H,1H3. The summed E-state index contributed by atoms with van der Waals surface area (Å²) in [6, 6.07) is 0. The van der Waals surface area contributed by atoms with Gasteiger partial charge >= 0.3 is 0 Å². The molecular weight excluding hydrogens is 84.1 g/mol. The molecule has 0 bridgehead atoms. The molecule has 0 saturated heterocycles. The van der Waals surface area contributed by atoms with E-state index < -0.39 is 0 Å². The van der Waals surface area contributed by atoms with Crippen LogP contribution in [0.5, 0.6) is 0 Å². The fourth-order valence-corrected chi connectivity index (χ4v) is 0. The van der Waals surface area contributed by atoms with Gasteiger partial charge in [-0.3, -0.25) is 0 Å². The smallest absolute Gasteiger partial charge is 0.145 e. The topological polar surface area (TPSA) is 29.5 Å². The summed E-state index contributed by atoms with van der Waals surface area (Å²) in [5.41, 5.74) is 0. The second kappa shape index (κ2) is 31.5. The van der Waals surface area contributed by atoms with Gasteiger partial charge in [-0.1, -0.05) is 0 Å². The van der Waals surface area contributed by atoms with Crippen LogP contribution in [0.2, 0.25) is 0 Å². The Kier molecular flexibility index (Phi) is 56.3. The molecule has 0 fully saturated rings. The number of aliphatic hydroxyl groups is 1. The van der Waals surface area contributed by atoms with E-state index in [2.05, 4.69) is 4.43 Å². The van der Waals surface area contributed by atoms with Crippen molar-refractivity contribution < 1.29 is 9.53 Å². The molecule has 1 N–H and O–H groups in total. The van der Waals surface area contributed by atoms with E-state index in [0.29, 0.717) is 0 Å². The average molecular weight is 94.2 g/mol. The summed E-state index contributed by atoms with van der Waals surface area (Å²) in [7, 11) is 3.56. The zero-order valence-electron chi connectivity index (χ0n) is 3.86. The highest BCUT2D eigenvalue weighted by Gasteiger charge is 1.27. The Morgan fingerprint density at radius 2 is 1.60 bits per heavy atom. The van der Waals surface area contributed by atoms with Crippen LogP contribution in [0.1, 0.15) is 0 Å². The highest BCUT2D eigenvalue weighted by atomic mass is 28.2. The van der Waals surface area contributed by atoms with Gasteiger partial charge in [-0.15, -0.1) is 0 Å². The predicted octanol–water partition coefficient (Wildman–Crippen LogP) is -1.48. The summed E-state index contributed by atoms with van der Waals surface area (Å²) in [6.07, 6.45) is 0. The molecule has 0 rings (SSSR count). The second-order valence-corrected chi connectivity index (χ2v) is 1.22. The Bertz CT molecular complexity index is 7.61. The van der Waals surface area contributed by atoms with Gasteiger partial charge < -0.3 is 9.53 Å². The zero-order valence-corrected chi connectivity index (χ0v) is 5.86. The molecular formula is C2H10O2Si.